The Balaban J connectivity index is 1.71. The predicted octanol–water partition coefficient (Wildman–Crippen LogP) is 0.645. The molecule has 0 aliphatic carbocycles. The van der Waals surface area contributed by atoms with Crippen LogP contribution in [-0.2, 0) is 4.74 Å². The molecule has 1 aliphatic heterocycles. The molecule has 1 aliphatic rings. The highest BCUT2D eigenvalue weighted by Gasteiger charge is 2.26. The third-order valence-corrected chi connectivity index (χ3v) is 3.57. The number of nitrogens with zero attached hydrogens (tertiary/aromatic N) is 3. The lowest BCUT2D eigenvalue weighted by molar-refractivity contribution is 0.0900. The first-order chi connectivity index (χ1) is 9.28. The van der Waals surface area contributed by atoms with Crippen molar-refractivity contribution in [2.75, 3.05) is 18.5 Å². The van der Waals surface area contributed by atoms with Crippen molar-refractivity contribution in [2.24, 2.45) is 5.92 Å². The number of ether oxygens (including phenoxy) is 1. The van der Waals surface area contributed by atoms with Gasteiger partial charge in [0.25, 0.3) is 0 Å². The number of aromatic amines is 1. The van der Waals surface area contributed by atoms with E-state index >= 15 is 0 Å². The molecule has 0 spiro atoms. The number of anilines is 1. The summed E-state index contributed by atoms with van der Waals surface area (Å²) in [7, 11) is 0. The molecule has 0 radical (unpaired) electrons. The van der Waals surface area contributed by atoms with E-state index in [0.29, 0.717) is 23.5 Å². The fraction of sp³-hybridized carbons (Fsp3) is 0.583. The van der Waals surface area contributed by atoms with E-state index in [9.17, 15) is 4.79 Å². The van der Waals surface area contributed by atoms with Crippen LogP contribution in [0.3, 0.4) is 0 Å². The van der Waals surface area contributed by atoms with Crippen molar-refractivity contribution in [1.82, 2.24) is 19.8 Å². The first-order valence-electron chi connectivity index (χ1n) is 6.58. The van der Waals surface area contributed by atoms with Crippen molar-refractivity contribution in [2.45, 2.75) is 25.9 Å². The highest BCUT2D eigenvalue weighted by atomic mass is 16.5. The maximum atomic E-state index is 11.4. The maximum absolute atomic E-state index is 11.4. The van der Waals surface area contributed by atoms with Gasteiger partial charge in [-0.1, -0.05) is 6.92 Å². The number of rotatable bonds is 4. The summed E-state index contributed by atoms with van der Waals surface area (Å²) in [5.74, 6) is 1.18. The molecule has 7 nitrogen and oxygen atoms in total. The van der Waals surface area contributed by atoms with Crippen molar-refractivity contribution >= 4 is 11.5 Å². The fourth-order valence-electron chi connectivity index (χ4n) is 2.51. The molecule has 2 aromatic heterocycles. The van der Waals surface area contributed by atoms with E-state index in [1.54, 1.807) is 6.07 Å². The van der Waals surface area contributed by atoms with Crippen molar-refractivity contribution in [3.8, 4) is 0 Å². The van der Waals surface area contributed by atoms with Gasteiger partial charge in [0.2, 0.25) is 0 Å². The highest BCUT2D eigenvalue weighted by Crippen LogP contribution is 2.23. The number of nitrogens with one attached hydrogen (secondary N) is 2. The van der Waals surface area contributed by atoms with Crippen LogP contribution in [0.25, 0.3) is 5.65 Å². The molecule has 3 rings (SSSR count). The highest BCUT2D eigenvalue weighted by molar-refractivity contribution is 5.42. The first-order valence-corrected chi connectivity index (χ1v) is 6.58. The third-order valence-electron chi connectivity index (χ3n) is 3.57. The lowest BCUT2D eigenvalue weighted by Gasteiger charge is -2.17. The minimum atomic E-state index is -0.325. The number of H-pyrrole nitrogens is 1. The second-order valence-corrected chi connectivity index (χ2v) is 4.76. The average molecular weight is 263 g/mol. The van der Waals surface area contributed by atoms with E-state index < -0.39 is 0 Å². The maximum Gasteiger partial charge on any atom is 0.364 e. The quantitative estimate of drug-likeness (QED) is 0.846. The molecule has 3 heterocycles. The molecule has 2 unspecified atom stereocenters. The van der Waals surface area contributed by atoms with E-state index in [4.69, 9.17) is 4.74 Å². The van der Waals surface area contributed by atoms with Crippen molar-refractivity contribution in [1.29, 1.82) is 0 Å². The van der Waals surface area contributed by atoms with E-state index in [2.05, 4.69) is 27.5 Å². The SMILES string of the molecule is CCC1OCCC1CNc1ccc2n[nH]c(=O)n2n1. The number of aromatic nitrogens is 4. The molecule has 2 atom stereocenters. The molecular formula is C12H17N5O2. The molecule has 0 bridgehead atoms. The molecule has 1 saturated heterocycles. The molecule has 102 valence electrons. The van der Waals surface area contributed by atoms with Gasteiger partial charge in [-0.05, 0) is 25.0 Å². The van der Waals surface area contributed by atoms with Crippen LogP contribution in [0.2, 0.25) is 0 Å². The van der Waals surface area contributed by atoms with Crippen molar-refractivity contribution in [3.05, 3.63) is 22.6 Å². The van der Waals surface area contributed by atoms with Crippen LogP contribution in [0.5, 0.6) is 0 Å². The molecule has 0 aromatic carbocycles. The number of hydrogen-bond donors (Lipinski definition) is 2. The van der Waals surface area contributed by atoms with Crippen molar-refractivity contribution in [3.63, 3.8) is 0 Å². The number of hydrogen-bond acceptors (Lipinski definition) is 5. The van der Waals surface area contributed by atoms with Crippen molar-refractivity contribution < 1.29 is 4.74 Å². The summed E-state index contributed by atoms with van der Waals surface area (Å²) in [5, 5.41) is 13.7. The van der Waals surface area contributed by atoms with Gasteiger partial charge in [0.05, 0.1) is 6.10 Å². The van der Waals surface area contributed by atoms with Crippen LogP contribution in [-0.4, -0.2) is 39.1 Å². The van der Waals surface area contributed by atoms with E-state index in [-0.39, 0.29) is 5.69 Å². The summed E-state index contributed by atoms with van der Waals surface area (Å²) in [6.45, 7) is 3.78. The Kier molecular flexibility index (Phi) is 3.20. The summed E-state index contributed by atoms with van der Waals surface area (Å²) in [6, 6.07) is 3.59. The van der Waals surface area contributed by atoms with E-state index in [0.717, 1.165) is 26.0 Å². The Labute approximate surface area is 110 Å². The molecule has 19 heavy (non-hydrogen) atoms. The van der Waals surface area contributed by atoms with Crippen LogP contribution in [0.1, 0.15) is 19.8 Å². The Morgan fingerprint density at radius 2 is 2.47 bits per heavy atom. The fourth-order valence-corrected chi connectivity index (χ4v) is 2.51. The predicted molar refractivity (Wildman–Crippen MR) is 70.2 cm³/mol. The smallest absolute Gasteiger partial charge is 0.364 e. The van der Waals surface area contributed by atoms with Crippen LogP contribution >= 0.6 is 0 Å². The zero-order chi connectivity index (χ0) is 13.2. The molecule has 0 amide bonds. The van der Waals surface area contributed by atoms with Gasteiger partial charge in [0.1, 0.15) is 5.82 Å². The molecule has 2 N–H and O–H groups in total. The van der Waals surface area contributed by atoms with Gasteiger partial charge in [-0.2, -0.15) is 9.61 Å². The summed E-state index contributed by atoms with van der Waals surface area (Å²) in [6.07, 6.45) is 2.42. The summed E-state index contributed by atoms with van der Waals surface area (Å²) >= 11 is 0. The zero-order valence-electron chi connectivity index (χ0n) is 10.8. The average Bonchev–Trinajstić information content (AvgIpc) is 3.03. The minimum Gasteiger partial charge on any atom is -0.378 e. The Morgan fingerprint density at radius 3 is 3.32 bits per heavy atom. The molecular weight excluding hydrogens is 246 g/mol. The number of fused-ring (bicyclic) bond motifs is 1. The van der Waals surface area contributed by atoms with Gasteiger partial charge in [-0.25, -0.2) is 9.89 Å². The van der Waals surface area contributed by atoms with Gasteiger partial charge in [-0.3, -0.25) is 0 Å². The second-order valence-electron chi connectivity index (χ2n) is 4.76. The van der Waals surface area contributed by atoms with Crippen LogP contribution < -0.4 is 11.0 Å². The Hall–Kier alpha value is -1.89. The van der Waals surface area contributed by atoms with Crippen LogP contribution in [0.4, 0.5) is 5.82 Å². The van der Waals surface area contributed by atoms with Gasteiger partial charge in [0, 0.05) is 19.1 Å². The topological polar surface area (TPSA) is 84.3 Å². The summed E-state index contributed by atoms with van der Waals surface area (Å²) < 4.78 is 6.90. The minimum absolute atomic E-state index is 0.325. The first kappa shape index (κ1) is 12.2. The molecule has 0 saturated carbocycles. The summed E-state index contributed by atoms with van der Waals surface area (Å²) in [5.41, 5.74) is 0.195. The second kappa shape index (κ2) is 5.00. The van der Waals surface area contributed by atoms with Gasteiger partial charge in [0.15, 0.2) is 5.65 Å². The van der Waals surface area contributed by atoms with E-state index in [1.807, 2.05) is 6.07 Å². The van der Waals surface area contributed by atoms with E-state index in [1.165, 1.54) is 4.52 Å². The van der Waals surface area contributed by atoms with Crippen LogP contribution in [0, 0.1) is 5.92 Å². The Morgan fingerprint density at radius 1 is 1.58 bits per heavy atom. The van der Waals surface area contributed by atoms with Gasteiger partial charge >= 0.3 is 5.69 Å². The normalized spacial score (nSPS) is 23.0. The zero-order valence-corrected chi connectivity index (χ0v) is 10.8. The lowest BCUT2D eigenvalue weighted by atomic mass is 10.00. The standard InChI is InChI=1S/C12H17N5O2/c1-2-9-8(5-6-19-9)7-13-10-3-4-11-14-15-12(18)17(11)16-10/h3-4,8-9H,2,5-7H2,1H3,(H,13,16)(H,15,18). The third kappa shape index (κ3) is 2.33. The summed E-state index contributed by atoms with van der Waals surface area (Å²) in [4.78, 5) is 11.4. The molecule has 1 fully saturated rings. The lowest BCUT2D eigenvalue weighted by Crippen LogP contribution is -2.23. The van der Waals surface area contributed by atoms with Crippen LogP contribution in [0.15, 0.2) is 16.9 Å². The molecule has 7 heteroatoms. The largest absolute Gasteiger partial charge is 0.378 e. The monoisotopic (exact) mass is 263 g/mol. The Bertz CT molecular complexity index is 620. The van der Waals surface area contributed by atoms with Gasteiger partial charge in [-0.15, -0.1) is 5.10 Å². The van der Waals surface area contributed by atoms with Gasteiger partial charge < -0.3 is 10.1 Å². The molecule has 2 aromatic rings.